The van der Waals surface area contributed by atoms with Gasteiger partial charge in [0.1, 0.15) is 5.75 Å². The Morgan fingerprint density at radius 3 is 2.50 bits per heavy atom. The highest BCUT2D eigenvalue weighted by molar-refractivity contribution is 7.89. The SMILES string of the molecule is CCCCOc1ccc(S(=O)(=O)N[C@@H]2CCCC[C@@H]2C)cc1. The predicted molar refractivity (Wildman–Crippen MR) is 88.6 cm³/mol. The third kappa shape index (κ3) is 4.71. The van der Waals surface area contributed by atoms with E-state index in [1.165, 1.54) is 6.42 Å². The van der Waals surface area contributed by atoms with E-state index in [9.17, 15) is 8.42 Å². The van der Waals surface area contributed by atoms with Crippen molar-refractivity contribution in [3.05, 3.63) is 24.3 Å². The topological polar surface area (TPSA) is 55.4 Å². The third-order valence-electron chi connectivity index (χ3n) is 4.32. The van der Waals surface area contributed by atoms with Gasteiger partial charge in [-0.25, -0.2) is 13.1 Å². The highest BCUT2D eigenvalue weighted by atomic mass is 32.2. The van der Waals surface area contributed by atoms with E-state index in [0.717, 1.165) is 37.9 Å². The molecule has 1 aliphatic rings. The van der Waals surface area contributed by atoms with Crippen molar-refractivity contribution in [2.75, 3.05) is 6.61 Å². The molecule has 0 aromatic heterocycles. The molecule has 4 nitrogen and oxygen atoms in total. The lowest BCUT2D eigenvalue weighted by Gasteiger charge is -2.29. The normalized spacial score (nSPS) is 22.5. The molecule has 0 unspecified atom stereocenters. The zero-order chi connectivity index (χ0) is 16.0. The molecule has 2 rings (SSSR count). The van der Waals surface area contributed by atoms with Crippen molar-refractivity contribution in [3.8, 4) is 5.75 Å². The van der Waals surface area contributed by atoms with Gasteiger partial charge < -0.3 is 4.74 Å². The molecule has 1 saturated carbocycles. The van der Waals surface area contributed by atoms with E-state index in [-0.39, 0.29) is 6.04 Å². The lowest BCUT2D eigenvalue weighted by molar-refractivity contribution is 0.308. The number of ether oxygens (including phenoxy) is 1. The van der Waals surface area contributed by atoms with Crippen LogP contribution in [0.25, 0.3) is 0 Å². The van der Waals surface area contributed by atoms with Crippen LogP contribution >= 0.6 is 0 Å². The Kier molecular flexibility index (Phi) is 6.26. The van der Waals surface area contributed by atoms with E-state index < -0.39 is 10.0 Å². The van der Waals surface area contributed by atoms with E-state index >= 15 is 0 Å². The Morgan fingerprint density at radius 1 is 1.18 bits per heavy atom. The summed E-state index contributed by atoms with van der Waals surface area (Å²) in [4.78, 5) is 0.313. The monoisotopic (exact) mass is 325 g/mol. The minimum absolute atomic E-state index is 0.0548. The number of rotatable bonds is 7. The van der Waals surface area contributed by atoms with Crippen molar-refractivity contribution in [2.24, 2.45) is 5.92 Å². The highest BCUT2D eigenvalue weighted by Crippen LogP contribution is 2.25. The van der Waals surface area contributed by atoms with E-state index in [4.69, 9.17) is 4.74 Å². The Bertz CT molecular complexity index is 554. The fourth-order valence-corrected chi connectivity index (χ4v) is 4.19. The van der Waals surface area contributed by atoms with Gasteiger partial charge in [0.2, 0.25) is 10.0 Å². The molecule has 1 fully saturated rings. The van der Waals surface area contributed by atoms with Crippen molar-refractivity contribution in [1.29, 1.82) is 0 Å². The second-order valence-corrected chi connectivity index (χ2v) is 7.88. The summed E-state index contributed by atoms with van der Waals surface area (Å²) in [6.45, 7) is 4.90. The molecule has 1 aromatic carbocycles. The van der Waals surface area contributed by atoms with E-state index in [0.29, 0.717) is 17.4 Å². The Morgan fingerprint density at radius 2 is 1.86 bits per heavy atom. The second kappa shape index (κ2) is 7.97. The minimum atomic E-state index is -3.44. The zero-order valence-electron chi connectivity index (χ0n) is 13.5. The van der Waals surface area contributed by atoms with E-state index in [1.807, 2.05) is 0 Å². The highest BCUT2D eigenvalue weighted by Gasteiger charge is 2.26. The summed E-state index contributed by atoms with van der Waals surface area (Å²) >= 11 is 0. The number of unbranched alkanes of at least 4 members (excludes halogenated alkanes) is 1. The van der Waals surface area contributed by atoms with Gasteiger partial charge in [0.15, 0.2) is 0 Å². The van der Waals surface area contributed by atoms with Gasteiger partial charge in [-0.05, 0) is 49.4 Å². The average molecular weight is 325 g/mol. The van der Waals surface area contributed by atoms with Gasteiger partial charge in [0, 0.05) is 6.04 Å². The van der Waals surface area contributed by atoms with Gasteiger partial charge in [-0.15, -0.1) is 0 Å². The molecule has 0 aliphatic heterocycles. The van der Waals surface area contributed by atoms with Gasteiger partial charge in [-0.1, -0.05) is 33.1 Å². The van der Waals surface area contributed by atoms with Crippen molar-refractivity contribution in [3.63, 3.8) is 0 Å². The summed E-state index contributed by atoms with van der Waals surface area (Å²) < 4.78 is 33.4. The molecule has 0 bridgehead atoms. The summed E-state index contributed by atoms with van der Waals surface area (Å²) in [5.41, 5.74) is 0. The van der Waals surface area contributed by atoms with Gasteiger partial charge in [-0.3, -0.25) is 0 Å². The molecule has 22 heavy (non-hydrogen) atoms. The van der Waals surface area contributed by atoms with Crippen LogP contribution in [0.5, 0.6) is 5.75 Å². The number of hydrogen-bond donors (Lipinski definition) is 1. The van der Waals surface area contributed by atoms with Crippen molar-refractivity contribution >= 4 is 10.0 Å². The molecule has 1 N–H and O–H groups in total. The first-order valence-corrected chi connectivity index (χ1v) is 9.76. The number of benzene rings is 1. The first kappa shape index (κ1) is 17.3. The van der Waals surface area contributed by atoms with E-state index in [2.05, 4.69) is 18.6 Å². The number of sulfonamides is 1. The molecular formula is C17H27NO3S. The van der Waals surface area contributed by atoms with Crippen LogP contribution in [0.2, 0.25) is 0 Å². The van der Waals surface area contributed by atoms with Crippen LogP contribution in [0.3, 0.4) is 0 Å². The number of hydrogen-bond acceptors (Lipinski definition) is 3. The number of nitrogens with one attached hydrogen (secondary N) is 1. The van der Waals surface area contributed by atoms with Crippen LogP contribution in [-0.4, -0.2) is 21.1 Å². The summed E-state index contributed by atoms with van der Waals surface area (Å²) in [6.07, 6.45) is 6.40. The minimum Gasteiger partial charge on any atom is -0.494 e. The molecule has 124 valence electrons. The summed E-state index contributed by atoms with van der Waals surface area (Å²) in [5, 5.41) is 0. The maximum atomic E-state index is 12.5. The summed E-state index contributed by atoms with van der Waals surface area (Å²) in [7, 11) is -3.44. The Balaban J connectivity index is 1.99. The van der Waals surface area contributed by atoms with Gasteiger partial charge in [0.05, 0.1) is 11.5 Å². The molecular weight excluding hydrogens is 298 g/mol. The smallest absolute Gasteiger partial charge is 0.240 e. The Labute approximate surface area is 134 Å². The first-order valence-electron chi connectivity index (χ1n) is 8.28. The molecule has 0 amide bonds. The second-order valence-electron chi connectivity index (χ2n) is 6.16. The van der Waals surface area contributed by atoms with Gasteiger partial charge in [-0.2, -0.15) is 0 Å². The van der Waals surface area contributed by atoms with Crippen LogP contribution in [0.4, 0.5) is 0 Å². The molecule has 1 aliphatic carbocycles. The van der Waals surface area contributed by atoms with Gasteiger partial charge in [0.25, 0.3) is 0 Å². The predicted octanol–water partition coefficient (Wildman–Crippen LogP) is 3.72. The standard InChI is InChI=1S/C17H27NO3S/c1-3-4-13-21-15-9-11-16(12-10-15)22(19,20)18-17-8-6-5-7-14(17)2/h9-12,14,17-18H,3-8,13H2,1-2H3/t14-,17+/m0/s1. The van der Waals surface area contributed by atoms with Crippen molar-refractivity contribution < 1.29 is 13.2 Å². The molecule has 0 radical (unpaired) electrons. The lowest BCUT2D eigenvalue weighted by Crippen LogP contribution is -2.40. The van der Waals surface area contributed by atoms with Crippen molar-refractivity contribution in [1.82, 2.24) is 4.72 Å². The van der Waals surface area contributed by atoms with Crippen LogP contribution in [-0.2, 0) is 10.0 Å². The van der Waals surface area contributed by atoms with E-state index in [1.54, 1.807) is 24.3 Å². The molecule has 1 aromatic rings. The summed E-state index contributed by atoms with van der Waals surface area (Å²) in [6, 6.07) is 6.76. The quantitative estimate of drug-likeness (QED) is 0.777. The fraction of sp³-hybridized carbons (Fsp3) is 0.647. The molecule has 0 heterocycles. The maximum absolute atomic E-state index is 12.5. The first-order chi connectivity index (χ1) is 10.5. The van der Waals surface area contributed by atoms with Crippen molar-refractivity contribution in [2.45, 2.75) is 63.3 Å². The Hall–Kier alpha value is -1.07. The molecule has 2 atom stereocenters. The maximum Gasteiger partial charge on any atom is 0.240 e. The summed E-state index contributed by atoms with van der Waals surface area (Å²) in [5.74, 6) is 1.12. The van der Waals surface area contributed by atoms with Crippen LogP contribution in [0, 0.1) is 5.92 Å². The molecule has 0 saturated heterocycles. The average Bonchev–Trinajstić information content (AvgIpc) is 2.50. The van der Waals surface area contributed by atoms with Gasteiger partial charge >= 0.3 is 0 Å². The third-order valence-corrected chi connectivity index (χ3v) is 5.82. The van der Waals surface area contributed by atoms with Crippen LogP contribution in [0.15, 0.2) is 29.2 Å². The van der Waals surface area contributed by atoms with Crippen LogP contribution in [0.1, 0.15) is 52.4 Å². The largest absolute Gasteiger partial charge is 0.494 e. The fourth-order valence-electron chi connectivity index (χ4n) is 2.81. The molecule has 0 spiro atoms. The zero-order valence-corrected chi connectivity index (χ0v) is 14.4. The lowest BCUT2D eigenvalue weighted by atomic mass is 9.87. The molecule has 5 heteroatoms. The van der Waals surface area contributed by atoms with Crippen LogP contribution < -0.4 is 9.46 Å².